The zero-order valence-corrected chi connectivity index (χ0v) is 16.3. The number of pyridine rings is 1. The first-order valence-corrected chi connectivity index (χ1v) is 9.24. The van der Waals surface area contributed by atoms with Gasteiger partial charge in [-0.05, 0) is 37.6 Å². The number of carbonyl (C=O) groups is 1. The van der Waals surface area contributed by atoms with E-state index in [0.29, 0.717) is 18.2 Å². The van der Waals surface area contributed by atoms with Crippen LogP contribution in [0.3, 0.4) is 0 Å². The van der Waals surface area contributed by atoms with Gasteiger partial charge >= 0.3 is 11.7 Å². The molecule has 0 amide bonds. The van der Waals surface area contributed by atoms with Gasteiger partial charge in [-0.15, -0.1) is 0 Å². The van der Waals surface area contributed by atoms with Gasteiger partial charge in [-0.3, -0.25) is 10.1 Å². The lowest BCUT2D eigenvalue weighted by molar-refractivity contribution is -0.384. The number of benzene rings is 1. The molecule has 0 aliphatic carbocycles. The minimum Gasteiger partial charge on any atom is -0.462 e. The Morgan fingerprint density at radius 3 is 2.93 bits per heavy atom. The average molecular weight is 406 g/mol. The molecule has 0 bridgehead atoms. The third kappa shape index (κ3) is 4.07. The van der Waals surface area contributed by atoms with E-state index in [0.717, 1.165) is 5.56 Å². The molecule has 1 aromatic heterocycles. The number of nitro groups is 1. The second kappa shape index (κ2) is 8.53. The summed E-state index contributed by atoms with van der Waals surface area (Å²) in [5.74, 6) is -0.622. The van der Waals surface area contributed by atoms with E-state index in [1.54, 1.807) is 24.0 Å². The fraction of sp³-hybridized carbons (Fsp3) is 0.368. The number of carbonyl (C=O) groups excluding carboxylic acids is 1. The molecule has 2 atom stereocenters. The number of morpholine rings is 1. The van der Waals surface area contributed by atoms with E-state index in [4.69, 9.17) is 21.1 Å². The number of hydrogen-bond donors (Lipinski definition) is 0. The van der Waals surface area contributed by atoms with Crippen molar-refractivity contribution in [2.24, 2.45) is 0 Å². The minimum atomic E-state index is -0.745. The summed E-state index contributed by atoms with van der Waals surface area (Å²) in [5.41, 5.74) is 0.392. The summed E-state index contributed by atoms with van der Waals surface area (Å²) in [6.07, 6.45) is 1.05. The number of anilines is 1. The topological polar surface area (TPSA) is 94.8 Å². The second-order valence-corrected chi connectivity index (χ2v) is 6.82. The smallest absolute Gasteiger partial charge is 0.345 e. The monoisotopic (exact) mass is 405 g/mol. The summed E-state index contributed by atoms with van der Waals surface area (Å²) in [4.78, 5) is 29.4. The highest BCUT2D eigenvalue weighted by Crippen LogP contribution is 2.35. The molecule has 3 rings (SSSR count). The summed E-state index contributed by atoms with van der Waals surface area (Å²) in [6.45, 7) is 4.34. The standard InChI is InChI=1S/C19H20ClN3O5/c1-3-27-19(24)15-7-8-21-18(17(15)23(25)26)22-10-16(28-11-12(22)2)13-5-4-6-14(20)9-13/h4-9,12,16H,3,10-11H2,1-2H3. The van der Waals surface area contributed by atoms with Crippen molar-refractivity contribution in [2.75, 3.05) is 24.7 Å². The number of rotatable bonds is 5. The minimum absolute atomic E-state index is 0.116. The van der Waals surface area contributed by atoms with Crippen LogP contribution in [0.5, 0.6) is 0 Å². The molecule has 2 aromatic rings. The molecule has 0 saturated carbocycles. The van der Waals surface area contributed by atoms with E-state index in [-0.39, 0.29) is 35.8 Å². The number of aromatic nitrogens is 1. The molecule has 1 aliphatic heterocycles. The molecule has 1 aliphatic rings. The summed E-state index contributed by atoms with van der Waals surface area (Å²) in [7, 11) is 0. The number of hydrogen-bond acceptors (Lipinski definition) is 7. The van der Waals surface area contributed by atoms with Crippen LogP contribution in [0.1, 0.15) is 35.9 Å². The van der Waals surface area contributed by atoms with Gasteiger partial charge < -0.3 is 14.4 Å². The maximum Gasteiger partial charge on any atom is 0.345 e. The molecule has 28 heavy (non-hydrogen) atoms. The Hall–Kier alpha value is -2.71. The molecular formula is C19H20ClN3O5. The van der Waals surface area contributed by atoms with Gasteiger partial charge in [-0.2, -0.15) is 0 Å². The Morgan fingerprint density at radius 2 is 2.25 bits per heavy atom. The van der Waals surface area contributed by atoms with Crippen molar-refractivity contribution in [3.63, 3.8) is 0 Å². The molecule has 1 saturated heterocycles. The van der Waals surface area contributed by atoms with Crippen molar-refractivity contribution < 1.29 is 19.2 Å². The fourth-order valence-corrected chi connectivity index (χ4v) is 3.37. The van der Waals surface area contributed by atoms with Crippen molar-refractivity contribution in [1.29, 1.82) is 0 Å². The fourth-order valence-electron chi connectivity index (χ4n) is 3.17. The third-order valence-electron chi connectivity index (χ3n) is 4.51. The summed E-state index contributed by atoms with van der Waals surface area (Å²) >= 11 is 6.08. The van der Waals surface area contributed by atoms with Gasteiger partial charge in [-0.25, -0.2) is 9.78 Å². The van der Waals surface area contributed by atoms with E-state index in [1.165, 1.54) is 12.3 Å². The maximum atomic E-state index is 12.2. The first-order chi connectivity index (χ1) is 13.4. The molecule has 8 nitrogen and oxygen atoms in total. The molecule has 0 radical (unpaired) electrons. The number of ether oxygens (including phenoxy) is 2. The Kier molecular flexibility index (Phi) is 6.11. The normalized spacial score (nSPS) is 19.3. The Labute approximate surface area is 167 Å². The Morgan fingerprint density at radius 1 is 1.46 bits per heavy atom. The van der Waals surface area contributed by atoms with E-state index in [1.807, 2.05) is 19.1 Å². The molecule has 1 aromatic carbocycles. The lowest BCUT2D eigenvalue weighted by Gasteiger charge is -2.38. The molecule has 9 heteroatoms. The first-order valence-electron chi connectivity index (χ1n) is 8.86. The highest BCUT2D eigenvalue weighted by Gasteiger charge is 2.35. The number of nitrogens with zero attached hydrogens (tertiary/aromatic N) is 3. The van der Waals surface area contributed by atoms with Crippen LogP contribution in [0.25, 0.3) is 0 Å². The van der Waals surface area contributed by atoms with Crippen LogP contribution in [0.4, 0.5) is 11.5 Å². The Balaban J connectivity index is 1.99. The van der Waals surface area contributed by atoms with Gasteiger partial charge in [0.1, 0.15) is 11.7 Å². The average Bonchev–Trinajstić information content (AvgIpc) is 2.68. The first kappa shape index (κ1) is 20.0. The zero-order valence-electron chi connectivity index (χ0n) is 15.5. The number of esters is 1. The quantitative estimate of drug-likeness (QED) is 0.424. The van der Waals surface area contributed by atoms with Crippen molar-refractivity contribution in [3.8, 4) is 0 Å². The van der Waals surface area contributed by atoms with Crippen LogP contribution >= 0.6 is 11.6 Å². The van der Waals surface area contributed by atoms with Crippen LogP contribution in [0.2, 0.25) is 5.02 Å². The number of halogens is 1. The highest BCUT2D eigenvalue weighted by molar-refractivity contribution is 6.30. The van der Waals surface area contributed by atoms with E-state index in [2.05, 4.69) is 4.98 Å². The SMILES string of the molecule is CCOC(=O)c1ccnc(N2CC(c3cccc(Cl)c3)OCC2C)c1[N+](=O)[O-]. The van der Waals surface area contributed by atoms with Crippen LogP contribution in [0, 0.1) is 10.1 Å². The highest BCUT2D eigenvalue weighted by atomic mass is 35.5. The lowest BCUT2D eigenvalue weighted by Crippen LogP contribution is -2.46. The van der Waals surface area contributed by atoms with Crippen LogP contribution in [0.15, 0.2) is 36.5 Å². The molecule has 2 unspecified atom stereocenters. The van der Waals surface area contributed by atoms with Gasteiger partial charge in [0.15, 0.2) is 0 Å². The molecule has 0 spiro atoms. The van der Waals surface area contributed by atoms with Gasteiger partial charge in [0.2, 0.25) is 5.82 Å². The van der Waals surface area contributed by atoms with Crippen molar-refractivity contribution >= 4 is 29.1 Å². The molecule has 148 valence electrons. The second-order valence-electron chi connectivity index (χ2n) is 6.39. The predicted molar refractivity (Wildman–Crippen MR) is 104 cm³/mol. The van der Waals surface area contributed by atoms with Crippen LogP contribution in [-0.2, 0) is 9.47 Å². The van der Waals surface area contributed by atoms with Crippen LogP contribution < -0.4 is 4.90 Å². The third-order valence-corrected chi connectivity index (χ3v) is 4.74. The van der Waals surface area contributed by atoms with Crippen molar-refractivity contribution in [2.45, 2.75) is 26.0 Å². The molecular weight excluding hydrogens is 386 g/mol. The molecule has 1 fully saturated rings. The van der Waals surface area contributed by atoms with E-state index < -0.39 is 10.9 Å². The maximum absolute atomic E-state index is 12.2. The molecule has 0 N–H and O–H groups in total. The van der Waals surface area contributed by atoms with E-state index in [9.17, 15) is 14.9 Å². The largest absolute Gasteiger partial charge is 0.462 e. The van der Waals surface area contributed by atoms with E-state index >= 15 is 0 Å². The zero-order chi connectivity index (χ0) is 20.3. The Bertz CT molecular complexity index is 892. The van der Waals surface area contributed by atoms with Crippen LogP contribution in [-0.4, -0.2) is 41.7 Å². The van der Waals surface area contributed by atoms with Gasteiger partial charge in [0.25, 0.3) is 0 Å². The molecule has 2 heterocycles. The summed E-state index contributed by atoms with van der Waals surface area (Å²) in [5, 5.41) is 12.4. The van der Waals surface area contributed by atoms with Crippen molar-refractivity contribution in [3.05, 3.63) is 62.8 Å². The van der Waals surface area contributed by atoms with Gasteiger partial charge in [-0.1, -0.05) is 23.7 Å². The summed E-state index contributed by atoms with van der Waals surface area (Å²) < 4.78 is 10.9. The van der Waals surface area contributed by atoms with Crippen molar-refractivity contribution in [1.82, 2.24) is 4.98 Å². The van der Waals surface area contributed by atoms with Gasteiger partial charge in [0, 0.05) is 11.2 Å². The van der Waals surface area contributed by atoms with Gasteiger partial charge in [0.05, 0.1) is 30.7 Å². The lowest BCUT2D eigenvalue weighted by atomic mass is 10.1. The summed E-state index contributed by atoms with van der Waals surface area (Å²) in [6, 6.07) is 8.42. The predicted octanol–water partition coefficient (Wildman–Crippen LogP) is 3.79.